The Balaban J connectivity index is 2.26. The highest BCUT2D eigenvalue weighted by molar-refractivity contribution is 7.99. The van der Waals surface area contributed by atoms with Gasteiger partial charge in [0.05, 0.1) is 5.56 Å². The fraction of sp³-hybridized carbons (Fsp3) is 0.462. The summed E-state index contributed by atoms with van der Waals surface area (Å²) in [6.07, 6.45) is 0. The molecule has 1 unspecified atom stereocenters. The zero-order chi connectivity index (χ0) is 12.4. The summed E-state index contributed by atoms with van der Waals surface area (Å²) in [5.74, 6) is 2.10. The highest BCUT2D eigenvalue weighted by Crippen LogP contribution is 2.22. The fourth-order valence-electron chi connectivity index (χ4n) is 2.04. The van der Waals surface area contributed by atoms with Crippen LogP contribution in [-0.4, -0.2) is 34.9 Å². The zero-order valence-corrected chi connectivity index (χ0v) is 11.1. The molecule has 3 nitrogen and oxygen atoms in total. The van der Waals surface area contributed by atoms with Crippen LogP contribution >= 0.6 is 11.8 Å². The van der Waals surface area contributed by atoms with E-state index < -0.39 is 0 Å². The third-order valence-electron chi connectivity index (χ3n) is 3.07. The minimum atomic E-state index is 0.0685. The number of carbonyl (C=O) groups is 1. The molecule has 2 rings (SSSR count). The molecule has 2 N–H and O–H groups in total. The van der Waals surface area contributed by atoms with Crippen molar-refractivity contribution in [3.05, 3.63) is 29.3 Å². The summed E-state index contributed by atoms with van der Waals surface area (Å²) >= 11 is 1.90. The molecule has 1 aliphatic heterocycles. The van der Waals surface area contributed by atoms with Gasteiger partial charge in [-0.1, -0.05) is 11.6 Å². The van der Waals surface area contributed by atoms with Crippen molar-refractivity contribution in [3.8, 4) is 0 Å². The summed E-state index contributed by atoms with van der Waals surface area (Å²) in [5.41, 5.74) is 8.18. The average Bonchev–Trinajstić information content (AvgIpc) is 2.32. The molecule has 0 radical (unpaired) electrons. The molecule has 92 valence electrons. The van der Waals surface area contributed by atoms with E-state index in [4.69, 9.17) is 5.73 Å². The first-order valence-corrected chi connectivity index (χ1v) is 7.00. The molecule has 4 heteroatoms. The molecule has 1 aliphatic rings. The van der Waals surface area contributed by atoms with Crippen LogP contribution in [-0.2, 0) is 0 Å². The smallest absolute Gasteiger partial charge is 0.256 e. The van der Waals surface area contributed by atoms with E-state index in [1.54, 1.807) is 0 Å². The van der Waals surface area contributed by atoms with Crippen molar-refractivity contribution in [3.63, 3.8) is 0 Å². The second-order valence-corrected chi connectivity index (χ2v) is 5.66. The summed E-state index contributed by atoms with van der Waals surface area (Å²) in [7, 11) is 0. The maximum Gasteiger partial charge on any atom is 0.256 e. The average molecular weight is 250 g/mol. The van der Waals surface area contributed by atoms with Crippen molar-refractivity contribution in [1.82, 2.24) is 4.90 Å². The van der Waals surface area contributed by atoms with Gasteiger partial charge in [0.1, 0.15) is 0 Å². The van der Waals surface area contributed by atoms with Gasteiger partial charge in [0.25, 0.3) is 5.91 Å². The van der Waals surface area contributed by atoms with Gasteiger partial charge in [-0.05, 0) is 26.0 Å². The first-order valence-electron chi connectivity index (χ1n) is 5.84. The first kappa shape index (κ1) is 12.3. The Kier molecular flexibility index (Phi) is 3.62. The summed E-state index contributed by atoms with van der Waals surface area (Å²) < 4.78 is 0. The van der Waals surface area contributed by atoms with Crippen LogP contribution in [0.1, 0.15) is 22.8 Å². The number of nitrogens with two attached hydrogens (primary N) is 1. The van der Waals surface area contributed by atoms with E-state index in [9.17, 15) is 4.79 Å². The highest BCUT2D eigenvalue weighted by Gasteiger charge is 2.25. The molecule has 0 spiro atoms. The number of amides is 1. The Hall–Kier alpha value is -1.16. The molecule has 1 fully saturated rings. The molecule has 0 saturated carbocycles. The first-order chi connectivity index (χ1) is 8.09. The minimum Gasteiger partial charge on any atom is -0.398 e. The number of hydrogen-bond donors (Lipinski definition) is 1. The van der Waals surface area contributed by atoms with E-state index in [0.29, 0.717) is 17.3 Å². The Morgan fingerprint density at radius 1 is 1.53 bits per heavy atom. The molecular formula is C13H18N2OS. The second-order valence-electron chi connectivity index (χ2n) is 4.51. The van der Waals surface area contributed by atoms with Crippen LogP contribution in [0.5, 0.6) is 0 Å². The van der Waals surface area contributed by atoms with E-state index >= 15 is 0 Å². The number of aryl methyl sites for hydroxylation is 1. The lowest BCUT2D eigenvalue weighted by atomic mass is 10.1. The van der Waals surface area contributed by atoms with Crippen LogP contribution < -0.4 is 5.73 Å². The van der Waals surface area contributed by atoms with Crippen molar-refractivity contribution < 1.29 is 4.79 Å². The molecule has 1 atom stereocenters. The fourth-order valence-corrected chi connectivity index (χ4v) is 3.05. The van der Waals surface area contributed by atoms with Gasteiger partial charge in [-0.2, -0.15) is 11.8 Å². The van der Waals surface area contributed by atoms with E-state index in [1.807, 2.05) is 41.8 Å². The number of rotatable bonds is 1. The highest BCUT2D eigenvalue weighted by atomic mass is 32.2. The number of hydrogen-bond acceptors (Lipinski definition) is 3. The summed E-state index contributed by atoms with van der Waals surface area (Å²) in [4.78, 5) is 14.4. The number of carbonyl (C=O) groups excluding carboxylic acids is 1. The van der Waals surface area contributed by atoms with Crippen molar-refractivity contribution in [1.29, 1.82) is 0 Å². The predicted octanol–water partition coefficient (Wildman–Crippen LogP) is 2.15. The lowest BCUT2D eigenvalue weighted by molar-refractivity contribution is 0.0717. The SMILES string of the molecule is Cc1ccc(N)c(C(=O)N2CCSCC2C)c1. The lowest BCUT2D eigenvalue weighted by Gasteiger charge is -2.33. The van der Waals surface area contributed by atoms with Crippen molar-refractivity contribution in [2.24, 2.45) is 0 Å². The van der Waals surface area contributed by atoms with Crippen LogP contribution in [0.3, 0.4) is 0 Å². The monoisotopic (exact) mass is 250 g/mol. The maximum atomic E-state index is 12.4. The third-order valence-corrected chi connectivity index (χ3v) is 4.26. The van der Waals surface area contributed by atoms with Crippen LogP contribution in [0, 0.1) is 6.92 Å². The molecule has 0 bridgehead atoms. The normalized spacial score (nSPS) is 20.4. The van der Waals surface area contributed by atoms with Gasteiger partial charge in [0.15, 0.2) is 0 Å². The second kappa shape index (κ2) is 5.00. The minimum absolute atomic E-state index is 0.0685. The summed E-state index contributed by atoms with van der Waals surface area (Å²) in [6, 6.07) is 5.92. The molecule has 1 aromatic carbocycles. The third kappa shape index (κ3) is 2.57. The number of benzene rings is 1. The quantitative estimate of drug-likeness (QED) is 0.777. The molecular weight excluding hydrogens is 232 g/mol. The van der Waals surface area contributed by atoms with Gasteiger partial charge < -0.3 is 10.6 Å². The zero-order valence-electron chi connectivity index (χ0n) is 10.3. The lowest BCUT2D eigenvalue weighted by Crippen LogP contribution is -2.44. The van der Waals surface area contributed by atoms with E-state index in [1.165, 1.54) is 0 Å². The van der Waals surface area contributed by atoms with E-state index in [-0.39, 0.29) is 5.91 Å². The number of thioether (sulfide) groups is 1. The summed E-state index contributed by atoms with van der Waals surface area (Å²) in [6.45, 7) is 4.89. The van der Waals surface area contributed by atoms with Gasteiger partial charge in [-0.15, -0.1) is 0 Å². The number of nitrogen functional groups attached to an aromatic ring is 1. The molecule has 1 saturated heterocycles. The standard InChI is InChI=1S/C13H18N2OS/c1-9-3-4-12(14)11(7-9)13(16)15-5-6-17-8-10(15)2/h3-4,7,10H,5-6,8,14H2,1-2H3. The van der Waals surface area contributed by atoms with Crippen LogP contribution in [0.15, 0.2) is 18.2 Å². The molecule has 1 amide bonds. The van der Waals surface area contributed by atoms with Crippen molar-refractivity contribution in [2.75, 3.05) is 23.8 Å². The Morgan fingerprint density at radius 3 is 3.00 bits per heavy atom. The molecule has 1 heterocycles. The summed E-state index contributed by atoms with van der Waals surface area (Å²) in [5, 5.41) is 0. The molecule has 1 aromatic rings. The largest absolute Gasteiger partial charge is 0.398 e. The van der Waals surface area contributed by atoms with Gasteiger partial charge >= 0.3 is 0 Å². The molecule has 17 heavy (non-hydrogen) atoms. The predicted molar refractivity (Wildman–Crippen MR) is 73.4 cm³/mol. The van der Waals surface area contributed by atoms with Gasteiger partial charge in [-0.3, -0.25) is 4.79 Å². The van der Waals surface area contributed by atoms with E-state index in [2.05, 4.69) is 6.92 Å². The Bertz CT molecular complexity index is 433. The van der Waals surface area contributed by atoms with Gasteiger partial charge in [-0.25, -0.2) is 0 Å². The Labute approximate surface area is 106 Å². The molecule has 0 aromatic heterocycles. The Morgan fingerprint density at radius 2 is 2.29 bits per heavy atom. The molecule has 0 aliphatic carbocycles. The van der Waals surface area contributed by atoms with Crippen LogP contribution in [0.4, 0.5) is 5.69 Å². The van der Waals surface area contributed by atoms with E-state index in [0.717, 1.165) is 23.6 Å². The van der Waals surface area contributed by atoms with Crippen LogP contribution in [0.25, 0.3) is 0 Å². The van der Waals surface area contributed by atoms with Crippen molar-refractivity contribution >= 4 is 23.4 Å². The van der Waals surface area contributed by atoms with Crippen LogP contribution in [0.2, 0.25) is 0 Å². The number of nitrogens with zero attached hydrogens (tertiary/aromatic N) is 1. The number of anilines is 1. The van der Waals surface area contributed by atoms with Gasteiger partial charge in [0, 0.05) is 29.8 Å². The van der Waals surface area contributed by atoms with Gasteiger partial charge in [0.2, 0.25) is 0 Å². The maximum absolute atomic E-state index is 12.4. The van der Waals surface area contributed by atoms with Crippen molar-refractivity contribution in [2.45, 2.75) is 19.9 Å². The topological polar surface area (TPSA) is 46.3 Å².